The predicted molar refractivity (Wildman–Crippen MR) is 91.8 cm³/mol. The zero-order chi connectivity index (χ0) is 20.8. The van der Waals surface area contributed by atoms with Gasteiger partial charge >= 0.3 is 6.18 Å². The average molecular weight is 413 g/mol. The Kier molecular flexibility index (Phi) is 4.76. The van der Waals surface area contributed by atoms with Crippen LogP contribution in [0.5, 0.6) is 0 Å². The summed E-state index contributed by atoms with van der Waals surface area (Å²) in [4.78, 5) is 7.44. The minimum atomic E-state index is -4.79. The van der Waals surface area contributed by atoms with E-state index in [1.807, 2.05) is 5.32 Å². The molecule has 154 valence electrons. The van der Waals surface area contributed by atoms with Crippen molar-refractivity contribution < 1.29 is 22.0 Å². The van der Waals surface area contributed by atoms with Gasteiger partial charge in [0.2, 0.25) is 5.95 Å². The molecule has 0 amide bonds. The molecule has 29 heavy (non-hydrogen) atoms. The summed E-state index contributed by atoms with van der Waals surface area (Å²) in [5.41, 5.74) is 0.0477. The van der Waals surface area contributed by atoms with Crippen LogP contribution in [0.3, 0.4) is 0 Å². The Morgan fingerprint density at radius 2 is 2.07 bits per heavy atom. The van der Waals surface area contributed by atoms with Gasteiger partial charge in [-0.15, -0.1) is 0 Å². The fourth-order valence-electron chi connectivity index (χ4n) is 3.02. The first-order chi connectivity index (χ1) is 13.8. The van der Waals surface area contributed by atoms with Crippen molar-refractivity contribution in [3.8, 4) is 6.07 Å². The molecular formula is C17H16F5N7. The van der Waals surface area contributed by atoms with Gasteiger partial charge in [0.25, 0.3) is 6.43 Å². The van der Waals surface area contributed by atoms with Crippen LogP contribution in [0.1, 0.15) is 42.5 Å². The Bertz CT molecular complexity index is 945. The molecule has 2 atom stereocenters. The molecule has 0 saturated heterocycles. The van der Waals surface area contributed by atoms with Gasteiger partial charge in [-0.05, 0) is 19.3 Å². The van der Waals surface area contributed by atoms with Crippen LogP contribution >= 0.6 is 0 Å². The van der Waals surface area contributed by atoms with Crippen molar-refractivity contribution in [1.29, 1.82) is 5.26 Å². The standard InChI is InChI=1S/C17H16F5N7/c18-13(19)6-24-15-10(17(20,21)22)5-25-16(27-15)26-11-7-29(12-3-9(12)4-23)28-14(11)8-1-2-8/h5,7-9,12-13H,1-3,6H2,(H2,24,25,26,27)/t9-,12-/m1/s1. The Morgan fingerprint density at radius 1 is 1.31 bits per heavy atom. The van der Waals surface area contributed by atoms with E-state index >= 15 is 0 Å². The van der Waals surface area contributed by atoms with Crippen LogP contribution in [-0.2, 0) is 6.18 Å². The summed E-state index contributed by atoms with van der Waals surface area (Å²) < 4.78 is 65.9. The largest absolute Gasteiger partial charge is 0.421 e. The highest BCUT2D eigenvalue weighted by molar-refractivity contribution is 5.59. The third-order valence-electron chi connectivity index (χ3n) is 4.75. The lowest BCUT2D eigenvalue weighted by Gasteiger charge is -2.14. The number of hydrogen-bond acceptors (Lipinski definition) is 6. The Morgan fingerprint density at radius 3 is 2.66 bits per heavy atom. The monoisotopic (exact) mass is 413 g/mol. The van der Waals surface area contributed by atoms with Gasteiger partial charge in [-0.3, -0.25) is 4.68 Å². The van der Waals surface area contributed by atoms with Crippen molar-refractivity contribution in [3.63, 3.8) is 0 Å². The summed E-state index contributed by atoms with van der Waals surface area (Å²) in [7, 11) is 0. The van der Waals surface area contributed by atoms with Gasteiger partial charge in [0, 0.05) is 18.3 Å². The van der Waals surface area contributed by atoms with Crippen LogP contribution in [0, 0.1) is 17.2 Å². The molecule has 2 aromatic rings. The number of alkyl halides is 5. The Balaban J connectivity index is 1.60. The molecule has 2 aliphatic rings. The molecule has 0 spiro atoms. The SMILES string of the molecule is N#C[C@H]1C[C@H]1n1cc(Nc2ncc(C(F)(F)F)c(NCC(F)F)n2)c(C2CC2)n1. The van der Waals surface area contributed by atoms with E-state index in [1.165, 1.54) is 0 Å². The number of nitrogens with one attached hydrogen (secondary N) is 2. The maximum Gasteiger partial charge on any atom is 0.421 e. The number of aromatic nitrogens is 4. The molecule has 0 bridgehead atoms. The second kappa shape index (κ2) is 7.13. The van der Waals surface area contributed by atoms with Gasteiger partial charge in [-0.2, -0.15) is 28.5 Å². The molecule has 2 aliphatic carbocycles. The van der Waals surface area contributed by atoms with E-state index in [0.717, 1.165) is 18.5 Å². The predicted octanol–water partition coefficient (Wildman–Crippen LogP) is 4.07. The highest BCUT2D eigenvalue weighted by Gasteiger charge is 2.41. The number of hydrogen-bond donors (Lipinski definition) is 2. The normalized spacial score (nSPS) is 21.1. The van der Waals surface area contributed by atoms with Crippen molar-refractivity contribution in [1.82, 2.24) is 19.7 Å². The molecule has 2 aromatic heterocycles. The zero-order valence-electron chi connectivity index (χ0n) is 14.9. The molecule has 2 fully saturated rings. The molecule has 2 saturated carbocycles. The maximum absolute atomic E-state index is 13.1. The Hall–Kier alpha value is -2.97. The molecule has 0 aliphatic heterocycles. The molecule has 12 heteroatoms. The first kappa shape index (κ1) is 19.4. The lowest BCUT2D eigenvalue weighted by molar-refractivity contribution is -0.137. The fourth-order valence-corrected chi connectivity index (χ4v) is 3.02. The number of nitrogens with zero attached hydrogens (tertiary/aromatic N) is 5. The van der Waals surface area contributed by atoms with Crippen LogP contribution in [0.4, 0.5) is 39.4 Å². The Labute approximate surface area is 161 Å². The van der Waals surface area contributed by atoms with Crippen molar-refractivity contribution in [2.45, 2.75) is 43.8 Å². The van der Waals surface area contributed by atoms with Crippen LogP contribution in [0.25, 0.3) is 0 Å². The minimum absolute atomic E-state index is 0.0233. The van der Waals surface area contributed by atoms with Gasteiger partial charge in [-0.1, -0.05) is 0 Å². The lowest BCUT2D eigenvalue weighted by Crippen LogP contribution is -2.18. The summed E-state index contributed by atoms with van der Waals surface area (Å²) in [5.74, 6) is -0.766. The average Bonchev–Trinajstić information content (AvgIpc) is 3.57. The summed E-state index contributed by atoms with van der Waals surface area (Å²) in [6, 6.07) is 2.16. The second-order valence-electron chi connectivity index (χ2n) is 7.07. The first-order valence-corrected chi connectivity index (χ1v) is 8.98. The summed E-state index contributed by atoms with van der Waals surface area (Å²) in [6.45, 7) is -0.970. The number of nitriles is 1. The molecule has 0 aromatic carbocycles. The van der Waals surface area contributed by atoms with E-state index in [9.17, 15) is 22.0 Å². The van der Waals surface area contributed by atoms with Gasteiger partial charge in [-0.25, -0.2) is 13.8 Å². The smallest absolute Gasteiger partial charge is 0.364 e. The third kappa shape index (κ3) is 4.23. The van der Waals surface area contributed by atoms with Gasteiger partial charge in [0.1, 0.15) is 11.4 Å². The molecular weight excluding hydrogens is 397 g/mol. The van der Waals surface area contributed by atoms with E-state index in [2.05, 4.69) is 26.5 Å². The lowest BCUT2D eigenvalue weighted by atomic mass is 10.2. The van der Waals surface area contributed by atoms with E-state index in [1.54, 1.807) is 10.9 Å². The van der Waals surface area contributed by atoms with E-state index < -0.39 is 30.5 Å². The molecule has 0 radical (unpaired) electrons. The molecule has 0 unspecified atom stereocenters. The van der Waals surface area contributed by atoms with Crippen LogP contribution in [0.2, 0.25) is 0 Å². The second-order valence-corrected chi connectivity index (χ2v) is 7.07. The number of anilines is 3. The van der Waals surface area contributed by atoms with Gasteiger partial charge in [0.15, 0.2) is 0 Å². The molecule has 2 N–H and O–H groups in total. The highest BCUT2D eigenvalue weighted by Crippen LogP contribution is 2.47. The van der Waals surface area contributed by atoms with Crippen molar-refractivity contribution in [2.24, 2.45) is 5.92 Å². The quantitative estimate of drug-likeness (QED) is 0.665. The van der Waals surface area contributed by atoms with Crippen molar-refractivity contribution in [2.75, 3.05) is 17.2 Å². The zero-order valence-corrected chi connectivity index (χ0v) is 14.9. The van der Waals surface area contributed by atoms with Crippen LogP contribution in [-0.4, -0.2) is 32.7 Å². The summed E-state index contributed by atoms with van der Waals surface area (Å²) >= 11 is 0. The molecule has 4 rings (SSSR count). The first-order valence-electron chi connectivity index (χ1n) is 8.98. The van der Waals surface area contributed by atoms with Crippen LogP contribution in [0.15, 0.2) is 12.4 Å². The van der Waals surface area contributed by atoms with Crippen LogP contribution < -0.4 is 10.6 Å². The summed E-state index contributed by atoms with van der Waals surface area (Å²) in [5, 5.41) is 18.4. The number of halogens is 5. The number of rotatable bonds is 7. The van der Waals surface area contributed by atoms with Gasteiger partial charge < -0.3 is 10.6 Å². The van der Waals surface area contributed by atoms with E-state index in [0.29, 0.717) is 18.3 Å². The molecule has 7 nitrogen and oxygen atoms in total. The maximum atomic E-state index is 13.1. The topological polar surface area (TPSA) is 91.5 Å². The molecule has 2 heterocycles. The third-order valence-corrected chi connectivity index (χ3v) is 4.75. The van der Waals surface area contributed by atoms with Gasteiger partial charge in [0.05, 0.1) is 36.0 Å². The minimum Gasteiger partial charge on any atom is -0.364 e. The van der Waals surface area contributed by atoms with Crippen molar-refractivity contribution >= 4 is 17.5 Å². The van der Waals surface area contributed by atoms with Crippen molar-refractivity contribution in [3.05, 3.63) is 23.7 Å². The van der Waals surface area contributed by atoms with E-state index in [-0.39, 0.29) is 23.8 Å². The summed E-state index contributed by atoms with van der Waals surface area (Å²) in [6.07, 6.45) is -2.82. The fraction of sp³-hybridized carbons (Fsp3) is 0.529. The van der Waals surface area contributed by atoms with E-state index in [4.69, 9.17) is 5.26 Å². The highest BCUT2D eigenvalue weighted by atomic mass is 19.4.